The number of carbonyl (C=O) groups excluding carboxylic acids is 3. The molecule has 1 aliphatic heterocycles. The van der Waals surface area contributed by atoms with Crippen LogP contribution in [-0.4, -0.2) is 54.8 Å². The number of carbonyl (C=O) groups is 3. The average Bonchev–Trinajstić information content (AvgIpc) is 3.04. The molecule has 1 heterocycles. The SMILES string of the molecule is CC(=O)O[C@H]1CC[C@]2(C)[C@H]3C(=O)C=C4[C@@H]5C[C@@](C)(C(=O)N6CCN(c7ccccc7Cl)CC6)CC[C@]5(C)CC[C@@]4(C)[C@]3(C)CC[C@H]2C1(C)C. The van der Waals surface area contributed by atoms with E-state index in [0.29, 0.717) is 24.8 Å². The summed E-state index contributed by atoms with van der Waals surface area (Å²) in [5, 5.41) is 0.758. The third kappa shape index (κ3) is 5.10. The number of esters is 1. The second-order valence-electron chi connectivity index (χ2n) is 18.9. The van der Waals surface area contributed by atoms with Gasteiger partial charge in [0.2, 0.25) is 5.91 Å². The number of benzene rings is 1. The Morgan fingerprint density at radius 1 is 0.857 bits per heavy atom. The fourth-order valence-electron chi connectivity index (χ4n) is 13.0. The number of fused-ring (bicyclic) bond motifs is 7. The third-order valence-electron chi connectivity index (χ3n) is 16.1. The number of ketones is 1. The van der Waals surface area contributed by atoms with Crippen molar-refractivity contribution in [3.05, 3.63) is 40.9 Å². The van der Waals surface area contributed by atoms with Crippen LogP contribution in [-0.2, 0) is 19.1 Å². The van der Waals surface area contributed by atoms with E-state index in [1.807, 2.05) is 18.2 Å². The average molecular weight is 691 g/mol. The van der Waals surface area contributed by atoms with Gasteiger partial charge in [0.15, 0.2) is 5.78 Å². The molecule has 6 aliphatic rings. The van der Waals surface area contributed by atoms with Gasteiger partial charge in [0.05, 0.1) is 10.7 Å². The van der Waals surface area contributed by atoms with Crippen molar-refractivity contribution in [3.63, 3.8) is 0 Å². The van der Waals surface area contributed by atoms with Gasteiger partial charge in [-0.15, -0.1) is 0 Å². The maximum absolute atomic E-state index is 14.8. The lowest BCUT2D eigenvalue weighted by Crippen LogP contribution is -2.67. The van der Waals surface area contributed by atoms with Gasteiger partial charge in [-0.25, -0.2) is 0 Å². The summed E-state index contributed by atoms with van der Waals surface area (Å²) in [6.07, 6.45) is 10.7. The van der Waals surface area contributed by atoms with E-state index >= 15 is 0 Å². The van der Waals surface area contributed by atoms with Gasteiger partial charge in [-0.2, -0.15) is 0 Å². The number of amides is 1. The predicted molar refractivity (Wildman–Crippen MR) is 195 cm³/mol. The van der Waals surface area contributed by atoms with Gasteiger partial charge < -0.3 is 14.5 Å². The molecule has 5 aliphatic carbocycles. The van der Waals surface area contributed by atoms with Crippen LogP contribution >= 0.6 is 11.6 Å². The number of ether oxygens (including phenoxy) is 1. The number of nitrogens with zero attached hydrogens (tertiary/aromatic N) is 2. The van der Waals surface area contributed by atoms with Crippen LogP contribution in [0.15, 0.2) is 35.9 Å². The Hall–Kier alpha value is -2.34. The van der Waals surface area contributed by atoms with Crippen molar-refractivity contribution in [2.45, 2.75) is 119 Å². The third-order valence-corrected chi connectivity index (χ3v) is 16.4. The van der Waals surface area contributed by atoms with Crippen molar-refractivity contribution in [3.8, 4) is 0 Å². The van der Waals surface area contributed by atoms with Gasteiger partial charge >= 0.3 is 5.97 Å². The number of hydrogen-bond acceptors (Lipinski definition) is 5. The second-order valence-corrected chi connectivity index (χ2v) is 19.3. The Kier molecular flexibility index (Phi) is 8.29. The van der Waals surface area contributed by atoms with Crippen LogP contribution in [0.25, 0.3) is 0 Å². The first-order valence-electron chi connectivity index (χ1n) is 19.1. The van der Waals surface area contributed by atoms with E-state index in [9.17, 15) is 14.4 Å². The Bertz CT molecular complexity index is 1580. The van der Waals surface area contributed by atoms with Gasteiger partial charge in [0, 0.05) is 49.9 Å². The predicted octanol–water partition coefficient (Wildman–Crippen LogP) is 8.90. The van der Waals surface area contributed by atoms with Crippen molar-refractivity contribution >= 4 is 34.9 Å². The lowest BCUT2D eigenvalue weighted by molar-refractivity contribution is -0.210. The fourth-order valence-corrected chi connectivity index (χ4v) is 13.3. The molecule has 7 rings (SSSR count). The lowest BCUT2D eigenvalue weighted by Gasteiger charge is -2.70. The molecule has 1 aromatic carbocycles. The standard InChI is InChI=1S/C42H59ClN2O4/c1-27(46)49-34-14-15-40(6)33(37(34,2)3)13-16-42(8)35(40)32(47)25-28-29-26-39(5,18-17-38(29,4)19-20-41(28,42)7)36(48)45-23-21-44(22-24-45)31-12-10-9-11-30(31)43/h9-12,25,29,33-35H,13-24,26H2,1-8H3/t29-,33-,34-,35+,38+,39-,40-,41+,42+/m0/s1. The quantitative estimate of drug-likeness (QED) is 0.297. The van der Waals surface area contributed by atoms with E-state index in [1.165, 1.54) is 12.5 Å². The molecular formula is C42H59ClN2O4. The maximum atomic E-state index is 14.8. The molecule has 0 unspecified atom stereocenters. The minimum Gasteiger partial charge on any atom is -0.462 e. The summed E-state index contributed by atoms with van der Waals surface area (Å²) < 4.78 is 5.90. The van der Waals surface area contributed by atoms with Crippen LogP contribution in [0.2, 0.25) is 5.02 Å². The van der Waals surface area contributed by atoms with E-state index in [4.69, 9.17) is 16.3 Å². The molecule has 9 atom stereocenters. The van der Waals surface area contributed by atoms with Crippen LogP contribution in [0.4, 0.5) is 5.69 Å². The summed E-state index contributed by atoms with van der Waals surface area (Å²) in [6, 6.07) is 7.98. The highest BCUT2D eigenvalue weighted by Gasteiger charge is 2.70. The monoisotopic (exact) mass is 690 g/mol. The van der Waals surface area contributed by atoms with Crippen molar-refractivity contribution < 1.29 is 19.1 Å². The van der Waals surface area contributed by atoms with Crippen LogP contribution in [0.5, 0.6) is 0 Å². The van der Waals surface area contributed by atoms with E-state index in [1.54, 1.807) is 0 Å². The van der Waals surface area contributed by atoms with Gasteiger partial charge in [0.25, 0.3) is 0 Å². The summed E-state index contributed by atoms with van der Waals surface area (Å²) in [7, 11) is 0. The molecule has 1 amide bonds. The minimum absolute atomic E-state index is 0.0552. The molecule has 1 aromatic rings. The van der Waals surface area contributed by atoms with Crippen molar-refractivity contribution in [1.29, 1.82) is 0 Å². The molecule has 268 valence electrons. The summed E-state index contributed by atoms with van der Waals surface area (Å²) in [6.45, 7) is 21.0. The van der Waals surface area contributed by atoms with E-state index < -0.39 is 5.41 Å². The number of allylic oxidation sites excluding steroid dienone is 2. The minimum atomic E-state index is -0.445. The summed E-state index contributed by atoms with van der Waals surface area (Å²) in [4.78, 5) is 45.7. The van der Waals surface area contributed by atoms with Crippen LogP contribution in [0.3, 0.4) is 0 Å². The zero-order valence-corrected chi connectivity index (χ0v) is 32.0. The van der Waals surface area contributed by atoms with Gasteiger partial charge in [0.1, 0.15) is 6.10 Å². The molecule has 0 bridgehead atoms. The van der Waals surface area contributed by atoms with Crippen molar-refractivity contribution in [2.24, 2.45) is 50.2 Å². The smallest absolute Gasteiger partial charge is 0.302 e. The number of hydrogen-bond donors (Lipinski definition) is 0. The topological polar surface area (TPSA) is 66.9 Å². The molecule has 0 N–H and O–H groups in total. The maximum Gasteiger partial charge on any atom is 0.302 e. The molecule has 1 saturated heterocycles. The molecule has 5 fully saturated rings. The lowest BCUT2D eigenvalue weighted by atomic mass is 9.33. The van der Waals surface area contributed by atoms with Gasteiger partial charge in [-0.3, -0.25) is 14.4 Å². The van der Waals surface area contributed by atoms with Crippen LogP contribution in [0.1, 0.15) is 113 Å². The fraction of sp³-hybridized carbons (Fsp3) is 0.738. The van der Waals surface area contributed by atoms with E-state index in [0.717, 1.165) is 81.6 Å². The molecule has 49 heavy (non-hydrogen) atoms. The Labute approximate surface area is 299 Å². The number of piperazine rings is 1. The zero-order valence-electron chi connectivity index (χ0n) is 31.3. The molecule has 0 spiro atoms. The summed E-state index contributed by atoms with van der Waals surface area (Å²) in [5.74, 6) is 0.858. The molecular weight excluding hydrogens is 632 g/mol. The number of rotatable bonds is 3. The number of anilines is 1. The second kappa shape index (κ2) is 11.6. The molecule has 0 radical (unpaired) electrons. The normalized spacial score (nSPS) is 43.0. The molecule has 7 heteroatoms. The first-order valence-corrected chi connectivity index (χ1v) is 19.5. The van der Waals surface area contributed by atoms with Gasteiger partial charge in [-0.05, 0) is 109 Å². The largest absolute Gasteiger partial charge is 0.462 e. The Morgan fingerprint density at radius 2 is 1.53 bits per heavy atom. The van der Waals surface area contributed by atoms with E-state index in [2.05, 4.69) is 70.4 Å². The highest BCUT2D eigenvalue weighted by Crippen LogP contribution is 2.75. The first-order chi connectivity index (χ1) is 22.9. The first kappa shape index (κ1) is 35.1. The van der Waals surface area contributed by atoms with Gasteiger partial charge in [-0.1, -0.05) is 77.8 Å². The Morgan fingerprint density at radius 3 is 2.20 bits per heavy atom. The molecule has 4 saturated carbocycles. The van der Waals surface area contributed by atoms with Crippen LogP contribution in [0, 0.1) is 50.2 Å². The molecule has 0 aromatic heterocycles. The highest BCUT2D eigenvalue weighted by molar-refractivity contribution is 6.33. The van der Waals surface area contributed by atoms with Crippen molar-refractivity contribution in [1.82, 2.24) is 4.90 Å². The highest BCUT2D eigenvalue weighted by atomic mass is 35.5. The number of halogens is 1. The number of para-hydroxylation sites is 1. The zero-order chi connectivity index (χ0) is 35.4. The summed E-state index contributed by atoms with van der Waals surface area (Å²) in [5.41, 5.74) is 1.45. The van der Waals surface area contributed by atoms with Crippen molar-refractivity contribution in [2.75, 3.05) is 31.1 Å². The summed E-state index contributed by atoms with van der Waals surface area (Å²) >= 11 is 6.52. The Balaban J connectivity index is 1.16. The molecule has 6 nitrogen and oxygen atoms in total. The van der Waals surface area contributed by atoms with E-state index in [-0.39, 0.29) is 56.9 Å². The van der Waals surface area contributed by atoms with Crippen LogP contribution < -0.4 is 4.90 Å².